The average Bonchev–Trinajstić information content (AvgIpc) is 2.66. The van der Waals surface area contributed by atoms with E-state index in [9.17, 15) is 0 Å². The zero-order chi connectivity index (χ0) is 18.5. The summed E-state index contributed by atoms with van der Waals surface area (Å²) in [6.45, 7) is 3.94. The summed E-state index contributed by atoms with van der Waals surface area (Å²) in [6.07, 6.45) is 8.85. The fourth-order valence-electron chi connectivity index (χ4n) is 3.60. The van der Waals surface area contributed by atoms with Crippen LogP contribution in [0.15, 0.2) is 42.5 Å². The molecule has 0 heterocycles. The molecule has 1 aliphatic rings. The van der Waals surface area contributed by atoms with Gasteiger partial charge in [0.25, 0.3) is 12.5 Å². The highest BCUT2D eigenvalue weighted by atomic mass is 16.5. The van der Waals surface area contributed by atoms with E-state index in [0.29, 0.717) is 17.4 Å². The molecule has 1 unspecified atom stereocenters. The highest BCUT2D eigenvalue weighted by Crippen LogP contribution is 2.38. The molecule has 0 amide bonds. The molecule has 3 rings (SSSR count). The van der Waals surface area contributed by atoms with Crippen molar-refractivity contribution in [3.8, 4) is 24.0 Å². The summed E-state index contributed by atoms with van der Waals surface area (Å²) in [4.78, 5) is 0. The first kappa shape index (κ1) is 17.6. The fourth-order valence-corrected chi connectivity index (χ4v) is 3.60. The largest absolute Gasteiger partial charge is 0.388 e. The normalized spacial score (nSPS) is 16.2. The lowest BCUT2D eigenvalue weighted by molar-refractivity contribution is 0.499. The molecule has 1 atom stereocenters. The van der Waals surface area contributed by atoms with Gasteiger partial charge in [0, 0.05) is 0 Å². The Labute approximate surface area is 153 Å². The lowest BCUT2D eigenvalue weighted by Crippen LogP contribution is -2.04. The molecule has 0 radical (unpaired) electrons. The van der Waals surface area contributed by atoms with Crippen LogP contribution in [0.25, 0.3) is 5.57 Å². The van der Waals surface area contributed by atoms with E-state index < -0.39 is 0 Å². The van der Waals surface area contributed by atoms with E-state index in [1.807, 2.05) is 38.1 Å². The molecule has 26 heavy (non-hydrogen) atoms. The fraction of sp³-hybridized carbons (Fsp3) is 0.273. The first-order valence-electron chi connectivity index (χ1n) is 8.65. The molecular formula is C22H20N2O2. The highest BCUT2D eigenvalue weighted by molar-refractivity contribution is 5.69. The van der Waals surface area contributed by atoms with Crippen molar-refractivity contribution in [1.29, 1.82) is 10.5 Å². The van der Waals surface area contributed by atoms with Gasteiger partial charge in [0.05, 0.1) is 0 Å². The molecule has 0 aromatic heterocycles. The van der Waals surface area contributed by atoms with Crippen LogP contribution in [0, 0.1) is 36.9 Å². The van der Waals surface area contributed by atoms with Crippen LogP contribution < -0.4 is 9.47 Å². The van der Waals surface area contributed by atoms with Gasteiger partial charge in [0.2, 0.25) is 0 Å². The molecule has 0 bridgehead atoms. The predicted molar refractivity (Wildman–Crippen MR) is 99.4 cm³/mol. The second-order valence-corrected chi connectivity index (χ2v) is 6.60. The molecular weight excluding hydrogens is 324 g/mol. The molecule has 0 spiro atoms. The molecule has 0 saturated carbocycles. The zero-order valence-electron chi connectivity index (χ0n) is 15.0. The summed E-state index contributed by atoms with van der Waals surface area (Å²) in [5.41, 5.74) is 5.80. The maximum Gasteiger partial charge on any atom is 0.292 e. The number of aryl methyl sites for hydroxylation is 2. The van der Waals surface area contributed by atoms with Gasteiger partial charge in [-0.3, -0.25) is 0 Å². The summed E-state index contributed by atoms with van der Waals surface area (Å²) < 4.78 is 9.90. The van der Waals surface area contributed by atoms with Crippen molar-refractivity contribution in [2.45, 2.75) is 39.0 Å². The Hall–Kier alpha value is -3.24. The first-order valence-corrected chi connectivity index (χ1v) is 8.65. The minimum atomic E-state index is 0.485. The molecule has 0 fully saturated rings. The summed E-state index contributed by atoms with van der Waals surface area (Å²) in [5, 5.41) is 17.3. The van der Waals surface area contributed by atoms with Crippen molar-refractivity contribution >= 4 is 5.57 Å². The highest BCUT2D eigenvalue weighted by Gasteiger charge is 2.18. The van der Waals surface area contributed by atoms with Gasteiger partial charge in [0.15, 0.2) is 0 Å². The third-order valence-corrected chi connectivity index (χ3v) is 4.90. The molecule has 1 aliphatic carbocycles. The Kier molecular flexibility index (Phi) is 5.25. The van der Waals surface area contributed by atoms with Gasteiger partial charge < -0.3 is 9.47 Å². The van der Waals surface area contributed by atoms with Crippen molar-refractivity contribution in [2.24, 2.45) is 0 Å². The smallest absolute Gasteiger partial charge is 0.292 e. The van der Waals surface area contributed by atoms with Crippen LogP contribution >= 0.6 is 0 Å². The van der Waals surface area contributed by atoms with Crippen LogP contribution in [-0.4, -0.2) is 0 Å². The van der Waals surface area contributed by atoms with Gasteiger partial charge in [-0.05, 0) is 91.1 Å². The van der Waals surface area contributed by atoms with Crippen molar-refractivity contribution in [2.75, 3.05) is 0 Å². The second kappa shape index (κ2) is 7.76. The lowest BCUT2D eigenvalue weighted by Gasteiger charge is -2.23. The van der Waals surface area contributed by atoms with Gasteiger partial charge in [-0.1, -0.05) is 18.2 Å². The van der Waals surface area contributed by atoms with Crippen molar-refractivity contribution in [3.05, 3.63) is 64.7 Å². The number of rotatable bonds is 4. The predicted octanol–water partition coefficient (Wildman–Crippen LogP) is 5.37. The minimum Gasteiger partial charge on any atom is -0.388 e. The lowest BCUT2D eigenvalue weighted by atomic mass is 9.82. The number of allylic oxidation sites excluding steroid dienone is 2. The van der Waals surface area contributed by atoms with Crippen LogP contribution in [0.1, 0.15) is 47.4 Å². The van der Waals surface area contributed by atoms with Gasteiger partial charge in [-0.25, -0.2) is 0 Å². The topological polar surface area (TPSA) is 66.0 Å². The second-order valence-electron chi connectivity index (χ2n) is 6.60. The van der Waals surface area contributed by atoms with Crippen LogP contribution in [0.5, 0.6) is 11.5 Å². The Balaban J connectivity index is 1.75. The maximum absolute atomic E-state index is 8.76. The van der Waals surface area contributed by atoms with E-state index in [4.69, 9.17) is 20.0 Å². The summed E-state index contributed by atoms with van der Waals surface area (Å²) >= 11 is 0. The maximum atomic E-state index is 8.76. The third-order valence-electron chi connectivity index (χ3n) is 4.90. The number of ether oxygens (including phenoxy) is 2. The molecule has 0 aliphatic heterocycles. The number of hydrogen-bond donors (Lipinski definition) is 0. The molecule has 2 aromatic rings. The summed E-state index contributed by atoms with van der Waals surface area (Å²) in [5.74, 6) is 1.72. The Morgan fingerprint density at radius 1 is 0.962 bits per heavy atom. The van der Waals surface area contributed by atoms with E-state index >= 15 is 0 Å². The summed E-state index contributed by atoms with van der Waals surface area (Å²) in [6, 6.07) is 12.0. The van der Waals surface area contributed by atoms with E-state index in [1.165, 1.54) is 16.7 Å². The van der Waals surface area contributed by atoms with Crippen molar-refractivity contribution in [3.63, 3.8) is 0 Å². The van der Waals surface area contributed by atoms with Crippen LogP contribution in [-0.2, 0) is 0 Å². The molecule has 4 nitrogen and oxygen atoms in total. The number of benzene rings is 2. The SMILES string of the molecule is Cc1cc(C2=CCC(c3ccc(OC#N)cc3)CC2)cc(C)c1OC#N. The van der Waals surface area contributed by atoms with E-state index in [-0.39, 0.29) is 0 Å². The number of nitriles is 2. The van der Waals surface area contributed by atoms with Crippen LogP contribution in [0.2, 0.25) is 0 Å². The van der Waals surface area contributed by atoms with E-state index in [2.05, 4.69) is 18.2 Å². The quantitative estimate of drug-likeness (QED) is 0.699. The summed E-state index contributed by atoms with van der Waals surface area (Å²) in [7, 11) is 0. The third kappa shape index (κ3) is 3.71. The molecule has 4 heteroatoms. The van der Waals surface area contributed by atoms with Crippen molar-refractivity contribution < 1.29 is 9.47 Å². The number of hydrogen-bond acceptors (Lipinski definition) is 4. The molecule has 0 N–H and O–H groups in total. The van der Waals surface area contributed by atoms with E-state index in [1.54, 1.807) is 12.5 Å². The molecule has 130 valence electrons. The Morgan fingerprint density at radius 3 is 2.15 bits per heavy atom. The van der Waals surface area contributed by atoms with Crippen LogP contribution in [0.3, 0.4) is 0 Å². The van der Waals surface area contributed by atoms with Gasteiger partial charge in [-0.2, -0.15) is 0 Å². The van der Waals surface area contributed by atoms with Gasteiger partial charge in [0.1, 0.15) is 11.5 Å². The van der Waals surface area contributed by atoms with Crippen molar-refractivity contribution in [1.82, 2.24) is 0 Å². The monoisotopic (exact) mass is 344 g/mol. The van der Waals surface area contributed by atoms with Gasteiger partial charge >= 0.3 is 0 Å². The molecule has 2 aromatic carbocycles. The van der Waals surface area contributed by atoms with E-state index in [0.717, 1.165) is 30.4 Å². The first-order chi connectivity index (χ1) is 12.6. The van der Waals surface area contributed by atoms with Crippen LogP contribution in [0.4, 0.5) is 0 Å². The average molecular weight is 344 g/mol. The Morgan fingerprint density at radius 2 is 1.62 bits per heavy atom. The molecule has 0 saturated heterocycles. The zero-order valence-corrected chi connectivity index (χ0v) is 15.0. The standard InChI is InChI=1S/C22H20N2O2/c1-15-11-20(12-16(2)22(15)26-14-24)19-5-3-17(4-6-19)18-7-9-21(10-8-18)25-13-23/h5,7-12,17H,3-4,6H2,1-2H3. The Bertz CT molecular complexity index is 892. The minimum absolute atomic E-state index is 0.485. The number of nitrogens with zero attached hydrogens (tertiary/aromatic N) is 2. The van der Waals surface area contributed by atoms with Gasteiger partial charge in [-0.15, -0.1) is 10.5 Å².